The van der Waals surface area contributed by atoms with E-state index in [0.29, 0.717) is 23.1 Å². The SMILES string of the molecule is COC(=O)c1oc(CSc2nc(-c3ccco3)nc3ccccc23)cc1C. The number of hydrogen-bond donors (Lipinski definition) is 0. The molecule has 0 aliphatic rings. The number of esters is 1. The molecule has 3 aromatic heterocycles. The number of aromatic nitrogens is 2. The van der Waals surface area contributed by atoms with Gasteiger partial charge in [0.25, 0.3) is 0 Å². The molecule has 6 nitrogen and oxygen atoms in total. The topological polar surface area (TPSA) is 78.4 Å². The molecule has 0 spiro atoms. The van der Waals surface area contributed by atoms with Crippen molar-refractivity contribution < 1.29 is 18.4 Å². The average molecular weight is 380 g/mol. The van der Waals surface area contributed by atoms with Gasteiger partial charge in [-0.2, -0.15) is 0 Å². The summed E-state index contributed by atoms with van der Waals surface area (Å²) in [7, 11) is 1.34. The molecule has 0 aliphatic heterocycles. The van der Waals surface area contributed by atoms with Gasteiger partial charge in [-0.15, -0.1) is 0 Å². The van der Waals surface area contributed by atoms with Gasteiger partial charge < -0.3 is 13.6 Å². The van der Waals surface area contributed by atoms with Gasteiger partial charge in [0.1, 0.15) is 10.8 Å². The van der Waals surface area contributed by atoms with Crippen LogP contribution in [0.2, 0.25) is 0 Å². The van der Waals surface area contributed by atoms with E-state index in [1.807, 2.05) is 43.3 Å². The van der Waals surface area contributed by atoms with Crippen LogP contribution in [0.15, 0.2) is 62.6 Å². The molecular weight excluding hydrogens is 364 g/mol. The second kappa shape index (κ2) is 7.28. The van der Waals surface area contributed by atoms with Crippen LogP contribution in [0.4, 0.5) is 0 Å². The van der Waals surface area contributed by atoms with Gasteiger partial charge in [-0.25, -0.2) is 14.8 Å². The molecule has 0 fully saturated rings. The van der Waals surface area contributed by atoms with Crippen LogP contribution >= 0.6 is 11.8 Å². The highest BCUT2D eigenvalue weighted by Gasteiger charge is 2.17. The number of hydrogen-bond acceptors (Lipinski definition) is 7. The lowest BCUT2D eigenvalue weighted by Gasteiger charge is -2.06. The Labute approximate surface area is 159 Å². The van der Waals surface area contributed by atoms with Gasteiger partial charge in [0.15, 0.2) is 11.6 Å². The van der Waals surface area contributed by atoms with Crippen molar-refractivity contribution in [2.75, 3.05) is 7.11 Å². The second-order valence-electron chi connectivity index (χ2n) is 5.85. The number of furan rings is 2. The summed E-state index contributed by atoms with van der Waals surface area (Å²) in [6.07, 6.45) is 1.60. The maximum Gasteiger partial charge on any atom is 0.374 e. The quantitative estimate of drug-likeness (QED) is 0.278. The molecule has 27 heavy (non-hydrogen) atoms. The van der Waals surface area contributed by atoms with Crippen LogP contribution < -0.4 is 0 Å². The number of methoxy groups -OCH3 is 1. The lowest BCUT2D eigenvalue weighted by atomic mass is 10.2. The molecule has 0 saturated carbocycles. The summed E-state index contributed by atoms with van der Waals surface area (Å²) >= 11 is 1.52. The molecule has 4 aromatic rings. The van der Waals surface area contributed by atoms with Crippen molar-refractivity contribution in [1.82, 2.24) is 9.97 Å². The minimum atomic E-state index is -0.476. The summed E-state index contributed by atoms with van der Waals surface area (Å²) in [6, 6.07) is 13.3. The summed E-state index contributed by atoms with van der Waals surface area (Å²) in [5.74, 6) is 2.11. The number of benzene rings is 1. The zero-order valence-corrected chi connectivity index (χ0v) is 15.6. The monoisotopic (exact) mass is 380 g/mol. The van der Waals surface area contributed by atoms with E-state index in [1.54, 1.807) is 12.3 Å². The Morgan fingerprint density at radius 3 is 2.81 bits per heavy atom. The summed E-state index contributed by atoms with van der Waals surface area (Å²) in [4.78, 5) is 21.0. The molecule has 136 valence electrons. The second-order valence-corrected chi connectivity index (χ2v) is 6.82. The number of carbonyl (C=O) groups is 1. The highest BCUT2D eigenvalue weighted by atomic mass is 32.2. The highest BCUT2D eigenvalue weighted by molar-refractivity contribution is 7.98. The number of para-hydroxylation sites is 1. The molecule has 1 aromatic carbocycles. The fraction of sp³-hybridized carbons (Fsp3) is 0.150. The van der Waals surface area contributed by atoms with Crippen LogP contribution in [0.3, 0.4) is 0 Å². The Morgan fingerprint density at radius 2 is 2.04 bits per heavy atom. The van der Waals surface area contributed by atoms with Crippen LogP contribution in [0.25, 0.3) is 22.5 Å². The first kappa shape index (κ1) is 17.4. The Morgan fingerprint density at radius 1 is 1.19 bits per heavy atom. The maximum atomic E-state index is 11.7. The minimum Gasteiger partial charge on any atom is -0.463 e. The van der Waals surface area contributed by atoms with E-state index in [9.17, 15) is 4.79 Å². The normalized spacial score (nSPS) is 11.0. The largest absolute Gasteiger partial charge is 0.463 e. The van der Waals surface area contributed by atoms with E-state index in [0.717, 1.165) is 21.5 Å². The van der Waals surface area contributed by atoms with Gasteiger partial charge >= 0.3 is 5.97 Å². The average Bonchev–Trinajstić information content (AvgIpc) is 3.35. The van der Waals surface area contributed by atoms with Crippen LogP contribution in [0.1, 0.15) is 21.9 Å². The van der Waals surface area contributed by atoms with E-state index < -0.39 is 5.97 Å². The van der Waals surface area contributed by atoms with Crippen LogP contribution in [0.5, 0.6) is 0 Å². The van der Waals surface area contributed by atoms with Crippen LogP contribution in [-0.4, -0.2) is 23.0 Å². The molecule has 0 bridgehead atoms. The zero-order chi connectivity index (χ0) is 18.8. The number of ether oxygens (including phenoxy) is 1. The number of nitrogens with zero attached hydrogens (tertiary/aromatic N) is 2. The molecular formula is C20H16N2O4S. The van der Waals surface area contributed by atoms with E-state index >= 15 is 0 Å². The van der Waals surface area contributed by atoms with Gasteiger partial charge in [0.05, 0.1) is 24.6 Å². The highest BCUT2D eigenvalue weighted by Crippen LogP contribution is 2.31. The molecule has 0 atom stereocenters. The van der Waals surface area contributed by atoms with Crippen LogP contribution in [0, 0.1) is 6.92 Å². The molecule has 0 aliphatic carbocycles. The van der Waals surface area contributed by atoms with Crippen LogP contribution in [-0.2, 0) is 10.5 Å². The van der Waals surface area contributed by atoms with Crippen molar-refractivity contribution in [1.29, 1.82) is 0 Å². The molecule has 0 unspecified atom stereocenters. The molecule has 0 amide bonds. The predicted molar refractivity (Wildman–Crippen MR) is 102 cm³/mol. The Balaban J connectivity index is 1.66. The number of aryl methyl sites for hydroxylation is 1. The Hall–Kier alpha value is -3.06. The van der Waals surface area contributed by atoms with Crippen molar-refractivity contribution in [3.63, 3.8) is 0 Å². The van der Waals surface area contributed by atoms with E-state index in [4.69, 9.17) is 13.6 Å². The third-order valence-corrected chi connectivity index (χ3v) is 5.01. The smallest absolute Gasteiger partial charge is 0.374 e. The predicted octanol–water partition coefficient (Wildman–Crippen LogP) is 4.87. The molecule has 0 N–H and O–H groups in total. The number of fused-ring (bicyclic) bond motifs is 1. The first-order valence-electron chi connectivity index (χ1n) is 8.27. The summed E-state index contributed by atoms with van der Waals surface area (Å²) in [5, 5.41) is 1.77. The molecule has 7 heteroatoms. The summed E-state index contributed by atoms with van der Waals surface area (Å²) in [6.45, 7) is 1.82. The zero-order valence-electron chi connectivity index (χ0n) is 14.8. The fourth-order valence-corrected chi connectivity index (χ4v) is 3.63. The lowest BCUT2D eigenvalue weighted by molar-refractivity contribution is 0.0562. The molecule has 0 radical (unpaired) electrons. The third kappa shape index (κ3) is 3.46. The molecule has 4 rings (SSSR count). The number of rotatable bonds is 5. The van der Waals surface area contributed by atoms with E-state index in [1.165, 1.54) is 18.9 Å². The maximum absolute atomic E-state index is 11.7. The molecule has 0 saturated heterocycles. The number of thioether (sulfide) groups is 1. The van der Waals surface area contributed by atoms with Crippen molar-refractivity contribution in [2.24, 2.45) is 0 Å². The first-order valence-corrected chi connectivity index (χ1v) is 9.25. The lowest BCUT2D eigenvalue weighted by Crippen LogP contribution is -2.00. The Kier molecular flexibility index (Phi) is 4.68. The van der Waals surface area contributed by atoms with Gasteiger partial charge in [-0.1, -0.05) is 30.0 Å². The summed E-state index contributed by atoms with van der Waals surface area (Å²) in [5.41, 5.74) is 1.59. The Bertz CT molecular complexity index is 1100. The minimum absolute atomic E-state index is 0.233. The number of carbonyl (C=O) groups excluding carboxylic acids is 1. The summed E-state index contributed by atoms with van der Waals surface area (Å²) < 4.78 is 15.8. The van der Waals surface area contributed by atoms with Gasteiger partial charge in [0.2, 0.25) is 5.76 Å². The van der Waals surface area contributed by atoms with Crippen molar-refractivity contribution >= 4 is 28.6 Å². The van der Waals surface area contributed by atoms with Gasteiger partial charge in [0, 0.05) is 10.9 Å². The van der Waals surface area contributed by atoms with E-state index in [-0.39, 0.29) is 5.76 Å². The third-order valence-electron chi connectivity index (χ3n) is 4.00. The van der Waals surface area contributed by atoms with Gasteiger partial charge in [-0.3, -0.25) is 0 Å². The van der Waals surface area contributed by atoms with Gasteiger partial charge in [-0.05, 0) is 31.2 Å². The fourth-order valence-electron chi connectivity index (χ4n) is 2.73. The van der Waals surface area contributed by atoms with Crippen molar-refractivity contribution in [3.05, 3.63) is 65.8 Å². The standard InChI is InChI=1S/C20H16N2O4S/c1-12-10-13(26-17(12)20(23)24-2)11-27-19-14-6-3-4-7-15(14)21-18(22-19)16-8-5-9-25-16/h3-10H,11H2,1-2H3. The van der Waals surface area contributed by atoms with Crippen molar-refractivity contribution in [3.8, 4) is 11.6 Å². The van der Waals surface area contributed by atoms with Crippen molar-refractivity contribution in [2.45, 2.75) is 17.7 Å². The van der Waals surface area contributed by atoms with E-state index in [2.05, 4.69) is 9.97 Å². The first-order chi connectivity index (χ1) is 13.2. The molecule has 3 heterocycles.